The molecule has 0 radical (unpaired) electrons. The first-order chi connectivity index (χ1) is 6.46. The van der Waals surface area contributed by atoms with Gasteiger partial charge in [-0.15, -0.1) is 0 Å². The predicted molar refractivity (Wildman–Crippen MR) is 48.7 cm³/mol. The normalized spacial score (nSPS) is 16.4. The van der Waals surface area contributed by atoms with E-state index in [1.807, 2.05) is 0 Å². The highest BCUT2D eigenvalue weighted by atomic mass is 16.4. The van der Waals surface area contributed by atoms with E-state index in [2.05, 4.69) is 4.85 Å². The van der Waals surface area contributed by atoms with Crippen LogP contribution in [0.25, 0.3) is 4.85 Å². The molecule has 0 saturated heterocycles. The quantitative estimate of drug-likeness (QED) is 0.653. The molecule has 0 aromatic rings. The van der Waals surface area contributed by atoms with Gasteiger partial charge in [-0.25, -0.2) is 11.4 Å². The minimum Gasteiger partial charge on any atom is -0.481 e. The first-order valence-corrected chi connectivity index (χ1v) is 4.31. The molecule has 0 bridgehead atoms. The summed E-state index contributed by atoms with van der Waals surface area (Å²) >= 11 is 0. The van der Waals surface area contributed by atoms with Crippen molar-refractivity contribution in [1.82, 2.24) is 0 Å². The van der Waals surface area contributed by atoms with Crippen molar-refractivity contribution >= 4 is 11.9 Å². The number of aliphatic carboxylic acids is 2. The number of nitrogens with zero attached hydrogens (tertiary/aromatic N) is 1. The second kappa shape index (κ2) is 4.61. The second-order valence-corrected chi connectivity index (χ2v) is 2.99. The Labute approximate surface area is 82.2 Å². The van der Waals surface area contributed by atoms with Crippen LogP contribution in [0, 0.1) is 12.5 Å². The van der Waals surface area contributed by atoms with Crippen molar-refractivity contribution < 1.29 is 19.8 Å². The fraction of sp³-hybridized carbons (Fsp3) is 0.667. The molecule has 5 heteroatoms. The minimum atomic E-state index is -1.82. The lowest BCUT2D eigenvalue weighted by molar-refractivity contribution is -0.153. The summed E-state index contributed by atoms with van der Waals surface area (Å²) in [5.74, 6) is -3.74. The van der Waals surface area contributed by atoms with Crippen LogP contribution in [0.2, 0.25) is 0 Å². The highest BCUT2D eigenvalue weighted by molar-refractivity contribution is 5.88. The van der Waals surface area contributed by atoms with E-state index in [4.69, 9.17) is 16.8 Å². The Morgan fingerprint density at radius 3 is 2.00 bits per heavy atom. The lowest BCUT2D eigenvalue weighted by Crippen LogP contribution is -2.45. The van der Waals surface area contributed by atoms with Crippen LogP contribution in [-0.2, 0) is 9.59 Å². The summed E-state index contributed by atoms with van der Waals surface area (Å²) in [5, 5.41) is 17.7. The first-order valence-electron chi connectivity index (χ1n) is 4.31. The summed E-state index contributed by atoms with van der Waals surface area (Å²) in [6.45, 7) is 9.92. The summed E-state index contributed by atoms with van der Waals surface area (Å²) in [5.41, 5.74) is -1.82. The molecule has 0 spiro atoms. The van der Waals surface area contributed by atoms with Crippen LogP contribution in [0.4, 0.5) is 0 Å². The third kappa shape index (κ3) is 1.84. The van der Waals surface area contributed by atoms with E-state index >= 15 is 0 Å². The standard InChI is InChI=1S/C9H13NO4/c1-4-6(7(11)12)9(5-2,10-3)8(13)14/h6H,4-5H2,1-2H3,(H,11,12)(H,13,14). The SMILES string of the molecule is [C-]#[N+]C(CC)(C(=O)O)C(CC)C(=O)O. The van der Waals surface area contributed by atoms with Crippen LogP contribution in [0.15, 0.2) is 0 Å². The van der Waals surface area contributed by atoms with Crippen LogP contribution in [0.3, 0.4) is 0 Å². The molecule has 14 heavy (non-hydrogen) atoms. The molecule has 0 aromatic heterocycles. The summed E-state index contributed by atoms with van der Waals surface area (Å²) in [7, 11) is 0. The zero-order valence-corrected chi connectivity index (χ0v) is 8.15. The van der Waals surface area contributed by atoms with Crippen molar-refractivity contribution in [2.45, 2.75) is 32.2 Å². The zero-order valence-electron chi connectivity index (χ0n) is 8.15. The summed E-state index contributed by atoms with van der Waals surface area (Å²) < 4.78 is 0. The van der Waals surface area contributed by atoms with Crippen molar-refractivity contribution in [3.8, 4) is 0 Å². The molecular weight excluding hydrogens is 186 g/mol. The summed E-state index contributed by atoms with van der Waals surface area (Å²) in [6, 6.07) is 0. The predicted octanol–water partition coefficient (Wildman–Crippen LogP) is 1.25. The highest BCUT2D eigenvalue weighted by Crippen LogP contribution is 2.29. The molecule has 0 saturated carbocycles. The van der Waals surface area contributed by atoms with Gasteiger partial charge >= 0.3 is 17.5 Å². The van der Waals surface area contributed by atoms with Crippen molar-refractivity contribution in [3.63, 3.8) is 0 Å². The minimum absolute atomic E-state index is 0.00333. The van der Waals surface area contributed by atoms with E-state index in [0.29, 0.717) is 0 Å². The zero-order chi connectivity index (χ0) is 11.4. The van der Waals surface area contributed by atoms with E-state index in [1.54, 1.807) is 6.92 Å². The second-order valence-electron chi connectivity index (χ2n) is 2.99. The molecule has 0 aromatic carbocycles. The van der Waals surface area contributed by atoms with E-state index in [9.17, 15) is 9.59 Å². The third-order valence-corrected chi connectivity index (χ3v) is 2.39. The average molecular weight is 199 g/mol. The van der Waals surface area contributed by atoms with Crippen LogP contribution in [-0.4, -0.2) is 27.7 Å². The van der Waals surface area contributed by atoms with Gasteiger partial charge in [0.1, 0.15) is 5.92 Å². The number of carbonyl (C=O) groups is 2. The first kappa shape index (κ1) is 12.4. The Hall–Kier alpha value is -1.57. The molecular formula is C9H13NO4. The van der Waals surface area contributed by atoms with E-state index in [-0.39, 0.29) is 12.8 Å². The molecule has 78 valence electrons. The molecule has 0 aliphatic carbocycles. The highest BCUT2D eigenvalue weighted by Gasteiger charge is 2.54. The van der Waals surface area contributed by atoms with Gasteiger partial charge in [0.25, 0.3) is 0 Å². The van der Waals surface area contributed by atoms with Crippen molar-refractivity contribution in [1.29, 1.82) is 0 Å². The number of rotatable bonds is 5. The number of hydrogen-bond donors (Lipinski definition) is 2. The van der Waals surface area contributed by atoms with Crippen LogP contribution >= 0.6 is 0 Å². The Morgan fingerprint density at radius 2 is 1.93 bits per heavy atom. The topological polar surface area (TPSA) is 79.0 Å². The van der Waals surface area contributed by atoms with Crippen molar-refractivity contribution in [2.75, 3.05) is 0 Å². The van der Waals surface area contributed by atoms with Crippen molar-refractivity contribution in [3.05, 3.63) is 11.4 Å². The maximum Gasteiger partial charge on any atom is 0.391 e. The smallest absolute Gasteiger partial charge is 0.391 e. The molecule has 0 amide bonds. The van der Waals surface area contributed by atoms with E-state index in [1.165, 1.54) is 6.92 Å². The molecule has 2 atom stereocenters. The Kier molecular flexibility index (Phi) is 4.09. The van der Waals surface area contributed by atoms with Crippen LogP contribution in [0.5, 0.6) is 0 Å². The van der Waals surface area contributed by atoms with Crippen LogP contribution in [0.1, 0.15) is 26.7 Å². The van der Waals surface area contributed by atoms with Gasteiger partial charge in [0, 0.05) is 6.42 Å². The number of carboxylic acids is 2. The van der Waals surface area contributed by atoms with Crippen LogP contribution < -0.4 is 0 Å². The Bertz CT molecular complexity index is 281. The van der Waals surface area contributed by atoms with E-state index < -0.39 is 23.4 Å². The molecule has 0 aliphatic heterocycles. The van der Waals surface area contributed by atoms with Crippen molar-refractivity contribution in [2.24, 2.45) is 5.92 Å². The fourth-order valence-corrected chi connectivity index (χ4v) is 1.47. The summed E-state index contributed by atoms with van der Waals surface area (Å²) in [4.78, 5) is 24.7. The Morgan fingerprint density at radius 1 is 1.43 bits per heavy atom. The number of carboxylic acid groups (broad SMARTS) is 2. The summed E-state index contributed by atoms with van der Waals surface area (Å²) in [6.07, 6.45) is 0.133. The molecule has 2 N–H and O–H groups in total. The molecule has 0 fully saturated rings. The van der Waals surface area contributed by atoms with Gasteiger partial charge < -0.3 is 10.2 Å². The number of hydrogen-bond acceptors (Lipinski definition) is 2. The maximum atomic E-state index is 10.9. The van der Waals surface area contributed by atoms with Gasteiger partial charge in [0.2, 0.25) is 0 Å². The monoisotopic (exact) mass is 199 g/mol. The molecule has 5 nitrogen and oxygen atoms in total. The average Bonchev–Trinajstić information content (AvgIpc) is 2.12. The maximum absolute atomic E-state index is 10.9. The molecule has 2 unspecified atom stereocenters. The largest absolute Gasteiger partial charge is 0.481 e. The lowest BCUT2D eigenvalue weighted by atomic mass is 9.80. The fourth-order valence-electron chi connectivity index (χ4n) is 1.47. The van der Waals surface area contributed by atoms with Gasteiger partial charge in [-0.05, 0) is 6.42 Å². The lowest BCUT2D eigenvalue weighted by Gasteiger charge is -2.21. The van der Waals surface area contributed by atoms with Gasteiger partial charge in [-0.3, -0.25) is 9.64 Å². The van der Waals surface area contributed by atoms with Gasteiger partial charge in [0.05, 0.1) is 0 Å². The van der Waals surface area contributed by atoms with E-state index in [0.717, 1.165) is 0 Å². The van der Waals surface area contributed by atoms with Gasteiger partial charge in [-0.2, -0.15) is 0 Å². The molecule has 0 heterocycles. The third-order valence-electron chi connectivity index (χ3n) is 2.39. The molecule has 0 rings (SSSR count). The van der Waals surface area contributed by atoms with Gasteiger partial charge in [0.15, 0.2) is 0 Å². The molecule has 0 aliphatic rings. The Balaban J connectivity index is 5.28. The van der Waals surface area contributed by atoms with Gasteiger partial charge in [-0.1, -0.05) is 13.8 Å².